The van der Waals surface area contributed by atoms with E-state index in [1.807, 2.05) is 12.1 Å². The number of benzene rings is 3. The fraction of sp³-hybridized carbons (Fsp3) is 0.0476. The Morgan fingerprint density at radius 3 is 1.97 bits per heavy atom. The van der Waals surface area contributed by atoms with Crippen LogP contribution in [0.2, 0.25) is 5.02 Å². The highest BCUT2D eigenvalue weighted by molar-refractivity contribution is 7.92. The summed E-state index contributed by atoms with van der Waals surface area (Å²) < 4.78 is 32.4. The summed E-state index contributed by atoms with van der Waals surface area (Å²) in [4.78, 5) is 0.117. The third-order valence-corrected chi connectivity index (χ3v) is 6.20. The highest BCUT2D eigenvalue weighted by Gasteiger charge is 2.21. The molecule has 6 nitrogen and oxygen atoms in total. The summed E-state index contributed by atoms with van der Waals surface area (Å²) in [6.45, 7) is 0. The van der Waals surface area contributed by atoms with Gasteiger partial charge in [-0.05, 0) is 60.7 Å². The summed E-state index contributed by atoms with van der Waals surface area (Å²) in [6.07, 6.45) is 0. The van der Waals surface area contributed by atoms with Crippen molar-refractivity contribution in [1.29, 1.82) is 10.5 Å². The normalized spacial score (nSPS) is 10.6. The minimum absolute atomic E-state index is 0.117. The fourth-order valence-corrected chi connectivity index (χ4v) is 3.89. The lowest BCUT2D eigenvalue weighted by molar-refractivity contribution is 0.479. The first-order valence-corrected chi connectivity index (χ1v) is 10.1. The average molecular weight is 424 g/mol. The van der Waals surface area contributed by atoms with E-state index < -0.39 is 10.0 Å². The maximum Gasteiger partial charge on any atom is 0.264 e. The zero-order chi connectivity index (χ0) is 21.0. The predicted octanol–water partition coefficient (Wildman–Crippen LogP) is 4.70. The number of ether oxygens (including phenoxy) is 1. The van der Waals surface area contributed by atoms with Crippen molar-refractivity contribution in [3.8, 4) is 23.6 Å². The highest BCUT2D eigenvalue weighted by Crippen LogP contribution is 2.31. The molecule has 0 saturated heterocycles. The summed E-state index contributed by atoms with van der Waals surface area (Å²) in [6, 6.07) is 20.9. The molecule has 0 bridgehead atoms. The van der Waals surface area contributed by atoms with E-state index in [-0.39, 0.29) is 21.8 Å². The molecule has 0 saturated carbocycles. The molecule has 0 aliphatic heterocycles. The monoisotopic (exact) mass is 423 g/mol. The van der Waals surface area contributed by atoms with Crippen LogP contribution in [-0.4, -0.2) is 15.5 Å². The van der Waals surface area contributed by atoms with E-state index in [4.69, 9.17) is 16.3 Å². The van der Waals surface area contributed by atoms with Gasteiger partial charge in [0, 0.05) is 12.1 Å². The van der Waals surface area contributed by atoms with Gasteiger partial charge in [0.25, 0.3) is 10.0 Å². The maximum absolute atomic E-state index is 12.8. The molecule has 0 heterocycles. The van der Waals surface area contributed by atoms with E-state index in [0.717, 1.165) is 4.31 Å². The molecule has 0 fully saturated rings. The Balaban J connectivity index is 1.87. The molecule has 3 rings (SSSR count). The summed E-state index contributed by atoms with van der Waals surface area (Å²) in [5.41, 5.74) is 0.882. The zero-order valence-corrected chi connectivity index (χ0v) is 16.8. The largest absolute Gasteiger partial charge is 0.455 e. The lowest BCUT2D eigenvalue weighted by Gasteiger charge is -2.20. The van der Waals surface area contributed by atoms with Crippen LogP contribution in [0.1, 0.15) is 11.1 Å². The number of sulfonamides is 1. The van der Waals surface area contributed by atoms with Gasteiger partial charge in [0.2, 0.25) is 0 Å². The van der Waals surface area contributed by atoms with E-state index in [2.05, 4.69) is 0 Å². The number of nitriles is 2. The van der Waals surface area contributed by atoms with Crippen LogP contribution in [0.4, 0.5) is 5.69 Å². The third kappa shape index (κ3) is 4.17. The Kier molecular flexibility index (Phi) is 5.74. The van der Waals surface area contributed by atoms with Gasteiger partial charge in [0.05, 0.1) is 21.7 Å². The van der Waals surface area contributed by atoms with Crippen molar-refractivity contribution < 1.29 is 13.2 Å². The van der Waals surface area contributed by atoms with Crippen molar-refractivity contribution in [3.63, 3.8) is 0 Å². The molecular formula is C21H14ClN3O3S. The summed E-state index contributed by atoms with van der Waals surface area (Å²) >= 11 is 5.82. The van der Waals surface area contributed by atoms with E-state index in [9.17, 15) is 18.9 Å². The molecular weight excluding hydrogens is 410 g/mol. The molecule has 29 heavy (non-hydrogen) atoms. The molecule has 0 atom stereocenters. The molecule has 0 aliphatic rings. The molecule has 0 unspecified atom stereocenters. The first kappa shape index (κ1) is 20.2. The van der Waals surface area contributed by atoms with E-state index >= 15 is 0 Å². The molecule has 0 N–H and O–H groups in total. The van der Waals surface area contributed by atoms with Crippen LogP contribution >= 0.6 is 11.6 Å². The van der Waals surface area contributed by atoms with Crippen LogP contribution in [-0.2, 0) is 10.0 Å². The predicted molar refractivity (Wildman–Crippen MR) is 109 cm³/mol. The number of hydrogen-bond donors (Lipinski definition) is 0. The van der Waals surface area contributed by atoms with Crippen LogP contribution in [0.5, 0.6) is 11.5 Å². The first-order valence-electron chi connectivity index (χ1n) is 8.32. The van der Waals surface area contributed by atoms with Gasteiger partial charge in [0.15, 0.2) is 5.75 Å². The lowest BCUT2D eigenvalue weighted by atomic mass is 10.1. The lowest BCUT2D eigenvalue weighted by Crippen LogP contribution is -2.26. The highest BCUT2D eigenvalue weighted by atomic mass is 35.5. The van der Waals surface area contributed by atoms with Gasteiger partial charge in [-0.25, -0.2) is 8.42 Å². The SMILES string of the molecule is CN(c1ccc(Oc2c(C#N)cccc2C#N)cc1)S(=O)(=O)c1ccc(Cl)cc1. The molecule has 3 aromatic rings. The molecule has 144 valence electrons. The Labute approximate surface area is 173 Å². The number of anilines is 1. The van der Waals surface area contributed by atoms with Crippen LogP contribution in [0.15, 0.2) is 71.6 Å². The fourth-order valence-electron chi connectivity index (χ4n) is 2.57. The van der Waals surface area contributed by atoms with Crippen molar-refractivity contribution in [2.24, 2.45) is 0 Å². The molecule has 0 aromatic heterocycles. The van der Waals surface area contributed by atoms with Crippen LogP contribution < -0.4 is 9.04 Å². The maximum atomic E-state index is 12.8. The van der Waals surface area contributed by atoms with Crippen LogP contribution in [0.3, 0.4) is 0 Å². The second-order valence-electron chi connectivity index (χ2n) is 5.93. The van der Waals surface area contributed by atoms with Crippen molar-refractivity contribution in [3.05, 3.63) is 82.9 Å². The van der Waals surface area contributed by atoms with Crippen molar-refractivity contribution in [2.45, 2.75) is 4.90 Å². The molecule has 8 heteroatoms. The van der Waals surface area contributed by atoms with Gasteiger partial charge in [-0.15, -0.1) is 0 Å². The molecule has 0 amide bonds. The van der Waals surface area contributed by atoms with Crippen LogP contribution in [0.25, 0.3) is 0 Å². The summed E-state index contributed by atoms with van der Waals surface area (Å²) in [5.74, 6) is 0.526. The van der Waals surface area contributed by atoms with Gasteiger partial charge in [-0.2, -0.15) is 10.5 Å². The van der Waals surface area contributed by atoms with Crippen molar-refractivity contribution in [1.82, 2.24) is 0 Å². The molecule has 3 aromatic carbocycles. The number of halogens is 1. The smallest absolute Gasteiger partial charge is 0.264 e. The number of nitrogens with zero attached hydrogens (tertiary/aromatic N) is 3. The summed E-state index contributed by atoms with van der Waals surface area (Å²) in [5, 5.41) is 18.9. The Hall–Kier alpha value is -3.52. The van der Waals surface area contributed by atoms with Gasteiger partial charge in [-0.1, -0.05) is 17.7 Å². The number of rotatable bonds is 5. The molecule has 0 radical (unpaired) electrons. The Morgan fingerprint density at radius 1 is 0.897 bits per heavy atom. The molecule has 0 aliphatic carbocycles. The van der Waals surface area contributed by atoms with Crippen molar-refractivity contribution >= 4 is 27.3 Å². The van der Waals surface area contributed by atoms with E-state index in [0.29, 0.717) is 16.5 Å². The van der Waals surface area contributed by atoms with E-state index in [1.165, 1.54) is 31.3 Å². The van der Waals surface area contributed by atoms with Gasteiger partial charge in [-0.3, -0.25) is 4.31 Å². The Bertz CT molecular complexity index is 1190. The number of hydrogen-bond acceptors (Lipinski definition) is 5. The van der Waals surface area contributed by atoms with Crippen molar-refractivity contribution in [2.75, 3.05) is 11.4 Å². The first-order chi connectivity index (χ1) is 13.9. The quantitative estimate of drug-likeness (QED) is 0.592. The van der Waals surface area contributed by atoms with Gasteiger partial charge >= 0.3 is 0 Å². The molecule has 0 spiro atoms. The summed E-state index contributed by atoms with van der Waals surface area (Å²) in [7, 11) is -2.31. The number of para-hydroxylation sites is 1. The second-order valence-corrected chi connectivity index (χ2v) is 8.33. The average Bonchev–Trinajstić information content (AvgIpc) is 2.74. The zero-order valence-electron chi connectivity index (χ0n) is 15.2. The van der Waals surface area contributed by atoms with E-state index in [1.54, 1.807) is 42.5 Å². The van der Waals surface area contributed by atoms with Gasteiger partial charge in [0.1, 0.15) is 17.9 Å². The second kappa shape index (κ2) is 8.24. The van der Waals surface area contributed by atoms with Crippen LogP contribution in [0, 0.1) is 22.7 Å². The topological polar surface area (TPSA) is 94.2 Å². The minimum Gasteiger partial charge on any atom is -0.455 e. The standard InChI is InChI=1S/C21H14ClN3O3S/c1-25(29(26,27)20-11-5-17(22)6-12-20)18-7-9-19(10-8-18)28-21-15(13-23)3-2-4-16(21)14-24/h2-12H,1H3. The minimum atomic E-state index is -3.75. The van der Waals surface area contributed by atoms with Gasteiger partial charge < -0.3 is 4.74 Å². The Morgan fingerprint density at radius 2 is 1.45 bits per heavy atom. The third-order valence-electron chi connectivity index (χ3n) is 4.15.